The molecule has 2 heterocycles. The van der Waals surface area contributed by atoms with Gasteiger partial charge in [0.1, 0.15) is 0 Å². The lowest BCUT2D eigenvalue weighted by Gasteiger charge is -2.23. The monoisotopic (exact) mass is 1080 g/mol. The van der Waals surface area contributed by atoms with E-state index < -0.39 is 0 Å². The predicted octanol–water partition coefficient (Wildman–Crippen LogP) is 22.9. The zero-order valence-electron chi connectivity index (χ0n) is 48.3. The molecule has 0 spiro atoms. The first-order chi connectivity index (χ1) is 41.2. The van der Waals surface area contributed by atoms with Gasteiger partial charge in [-0.3, -0.25) is 0 Å². The molecule has 15 rings (SSSR count). The first kappa shape index (κ1) is 50.9. The Labute approximate surface area is 492 Å². The summed E-state index contributed by atoms with van der Waals surface area (Å²) in [5, 5.41) is 10.2. The number of rotatable bonds is 10. The first-order valence-electron chi connectivity index (χ1n) is 29.8. The minimum Gasteiger partial charge on any atom is -0.341 e. The van der Waals surface area contributed by atoms with Crippen LogP contribution in [0.5, 0.6) is 0 Å². The van der Waals surface area contributed by atoms with Crippen LogP contribution in [-0.2, 0) is 18.5 Å². The minimum atomic E-state index is -0.0314. The molecule has 0 atom stereocenters. The zero-order chi connectivity index (χ0) is 56.6. The van der Waals surface area contributed by atoms with Gasteiger partial charge in [-0.2, -0.15) is 0 Å². The summed E-state index contributed by atoms with van der Waals surface area (Å²) in [6.07, 6.45) is 0. The standard InChI is InChI=1S/C82H64N2/c1-6-83-76-44-38-63(57-26-22-55(23-27-57)53-16-10-8-11-17-53)48-71(76)73-50-65(40-46-78(73)83)59-30-34-61(35-31-59)80-68-20-14-15-21-69(68)81(75-52-67(82(3,4)5)42-43-70(75)80)62-36-32-60(33-37-62)66-41-47-79-74(51-66)72-49-64(39-45-77(72)84(79)7-2)58-28-24-56(25-29-58)54-18-12-9-13-19-54/h8-52H,6-7H2,1-5H3. The SMILES string of the molecule is CCn1c2ccc(-c3ccc(-c4ccccc4)cc3)cc2c2cc(-c3ccc(-c4c5ccccc5c(-c5ccc(-c6ccc7c(c6)c6cc(-c8ccc(-c9ccccc9)cc8)ccc6n7CC)cc5)c5cc(C(C)(C)C)ccc45)cc3)ccc21. The third kappa shape index (κ3) is 8.72. The number of fused-ring (bicyclic) bond motifs is 8. The molecule has 2 aromatic heterocycles. The van der Waals surface area contributed by atoms with Crippen LogP contribution < -0.4 is 0 Å². The van der Waals surface area contributed by atoms with E-state index in [-0.39, 0.29) is 5.41 Å². The highest BCUT2D eigenvalue weighted by Gasteiger charge is 2.22. The third-order valence-electron chi connectivity index (χ3n) is 17.9. The fourth-order valence-corrected chi connectivity index (χ4v) is 13.5. The van der Waals surface area contributed by atoms with E-state index in [1.165, 1.54) is 160 Å². The molecule has 0 aliphatic heterocycles. The van der Waals surface area contributed by atoms with E-state index in [4.69, 9.17) is 0 Å². The summed E-state index contributed by atoms with van der Waals surface area (Å²) in [6, 6.07) is 102. The summed E-state index contributed by atoms with van der Waals surface area (Å²) < 4.78 is 4.91. The van der Waals surface area contributed by atoms with Crippen LogP contribution in [0.3, 0.4) is 0 Å². The molecule has 2 nitrogen and oxygen atoms in total. The lowest BCUT2D eigenvalue weighted by atomic mass is 9.81. The Balaban J connectivity index is 0.785. The van der Waals surface area contributed by atoms with Gasteiger partial charge >= 0.3 is 0 Å². The summed E-state index contributed by atoms with van der Waals surface area (Å²) >= 11 is 0. The number of benzene rings is 13. The molecule has 402 valence electrons. The Morgan fingerprint density at radius 3 is 0.810 bits per heavy atom. The van der Waals surface area contributed by atoms with Crippen molar-refractivity contribution in [1.29, 1.82) is 0 Å². The molecule has 15 aromatic rings. The molecule has 0 bridgehead atoms. The summed E-state index contributed by atoms with van der Waals surface area (Å²) in [5.74, 6) is 0. The Bertz CT molecular complexity index is 4990. The zero-order valence-corrected chi connectivity index (χ0v) is 48.3. The van der Waals surface area contributed by atoms with E-state index in [1.807, 2.05) is 0 Å². The summed E-state index contributed by atoms with van der Waals surface area (Å²) in [6.45, 7) is 13.3. The van der Waals surface area contributed by atoms with Crippen LogP contribution in [-0.4, -0.2) is 9.13 Å². The molecule has 0 saturated heterocycles. The van der Waals surface area contributed by atoms with Crippen LogP contribution >= 0.6 is 0 Å². The second kappa shape index (κ2) is 20.4. The van der Waals surface area contributed by atoms with Crippen LogP contribution in [0.1, 0.15) is 40.2 Å². The highest BCUT2D eigenvalue weighted by molar-refractivity contribution is 6.22. The number of aryl methyl sites for hydroxylation is 2. The molecule has 2 heteroatoms. The van der Waals surface area contributed by atoms with Crippen LogP contribution in [0.2, 0.25) is 0 Å². The quantitative estimate of drug-likeness (QED) is 0.121. The first-order valence-corrected chi connectivity index (χ1v) is 29.8. The Hall–Kier alpha value is -10.0. The number of hydrogen-bond donors (Lipinski definition) is 0. The Morgan fingerprint density at radius 2 is 0.488 bits per heavy atom. The van der Waals surface area contributed by atoms with Crippen molar-refractivity contribution in [2.45, 2.75) is 53.1 Å². The molecule has 0 unspecified atom stereocenters. The van der Waals surface area contributed by atoms with Crippen molar-refractivity contribution in [3.63, 3.8) is 0 Å². The second-order valence-electron chi connectivity index (χ2n) is 23.8. The number of hydrogen-bond acceptors (Lipinski definition) is 0. The van der Waals surface area contributed by atoms with Gasteiger partial charge in [0, 0.05) is 56.7 Å². The van der Waals surface area contributed by atoms with Crippen molar-refractivity contribution in [1.82, 2.24) is 9.13 Å². The van der Waals surface area contributed by atoms with Crippen LogP contribution in [0.15, 0.2) is 273 Å². The molecular weight excluding hydrogens is 1010 g/mol. The van der Waals surface area contributed by atoms with Gasteiger partial charge in [-0.25, -0.2) is 0 Å². The van der Waals surface area contributed by atoms with E-state index in [2.05, 4.69) is 317 Å². The Morgan fingerprint density at radius 1 is 0.226 bits per heavy atom. The van der Waals surface area contributed by atoms with E-state index in [0.29, 0.717) is 0 Å². The summed E-state index contributed by atoms with van der Waals surface area (Å²) in [7, 11) is 0. The molecule has 84 heavy (non-hydrogen) atoms. The van der Waals surface area contributed by atoms with Gasteiger partial charge in [0.25, 0.3) is 0 Å². The minimum absolute atomic E-state index is 0.0314. The lowest BCUT2D eigenvalue weighted by Crippen LogP contribution is -2.10. The van der Waals surface area contributed by atoms with E-state index >= 15 is 0 Å². The maximum atomic E-state index is 2.47. The fourth-order valence-electron chi connectivity index (χ4n) is 13.5. The van der Waals surface area contributed by atoms with Crippen LogP contribution in [0.4, 0.5) is 0 Å². The van der Waals surface area contributed by atoms with Gasteiger partial charge in [0.15, 0.2) is 0 Å². The van der Waals surface area contributed by atoms with Crippen molar-refractivity contribution in [2.24, 2.45) is 0 Å². The number of nitrogens with zero attached hydrogens (tertiary/aromatic N) is 2. The molecule has 0 fully saturated rings. The summed E-state index contributed by atoms with van der Waals surface area (Å²) in [4.78, 5) is 0. The molecule has 0 aliphatic carbocycles. The molecule has 0 radical (unpaired) electrons. The summed E-state index contributed by atoms with van der Waals surface area (Å²) in [5.41, 5.74) is 26.0. The molecule has 0 saturated carbocycles. The van der Waals surface area contributed by atoms with Gasteiger partial charge in [-0.15, -0.1) is 0 Å². The fraction of sp³-hybridized carbons (Fsp3) is 0.0976. The van der Waals surface area contributed by atoms with E-state index in [1.54, 1.807) is 0 Å². The van der Waals surface area contributed by atoms with Crippen molar-refractivity contribution >= 4 is 65.2 Å². The molecule has 0 N–H and O–H groups in total. The van der Waals surface area contributed by atoms with E-state index in [0.717, 1.165) is 13.1 Å². The lowest BCUT2D eigenvalue weighted by molar-refractivity contribution is 0.591. The van der Waals surface area contributed by atoms with Gasteiger partial charge in [-0.05, 0) is 190 Å². The van der Waals surface area contributed by atoms with Crippen molar-refractivity contribution in [3.05, 3.63) is 279 Å². The smallest absolute Gasteiger partial charge is 0.0491 e. The topological polar surface area (TPSA) is 9.86 Å². The van der Waals surface area contributed by atoms with Gasteiger partial charge in [-0.1, -0.05) is 239 Å². The highest BCUT2D eigenvalue weighted by atomic mass is 15.0. The van der Waals surface area contributed by atoms with Crippen LogP contribution in [0.25, 0.3) is 154 Å². The average molecular weight is 1080 g/mol. The largest absolute Gasteiger partial charge is 0.341 e. The van der Waals surface area contributed by atoms with Gasteiger partial charge in [0.2, 0.25) is 0 Å². The normalized spacial score (nSPS) is 12.0. The van der Waals surface area contributed by atoms with Crippen LogP contribution in [0, 0.1) is 0 Å². The predicted molar refractivity (Wildman–Crippen MR) is 361 cm³/mol. The molecular formula is C82H64N2. The Kier molecular flexibility index (Phi) is 12.4. The third-order valence-corrected chi connectivity index (χ3v) is 17.9. The van der Waals surface area contributed by atoms with Gasteiger partial charge in [0.05, 0.1) is 0 Å². The molecule has 0 aliphatic rings. The number of aromatic nitrogens is 2. The van der Waals surface area contributed by atoms with Crippen molar-refractivity contribution in [3.8, 4) is 89.0 Å². The molecule has 0 amide bonds. The highest BCUT2D eigenvalue weighted by Crippen LogP contribution is 2.47. The maximum absolute atomic E-state index is 2.47. The maximum Gasteiger partial charge on any atom is 0.0491 e. The van der Waals surface area contributed by atoms with Crippen molar-refractivity contribution in [2.75, 3.05) is 0 Å². The second-order valence-corrected chi connectivity index (χ2v) is 23.8. The van der Waals surface area contributed by atoms with Crippen molar-refractivity contribution < 1.29 is 0 Å². The van der Waals surface area contributed by atoms with Gasteiger partial charge < -0.3 is 9.13 Å². The molecule has 13 aromatic carbocycles. The van der Waals surface area contributed by atoms with E-state index in [9.17, 15) is 0 Å². The average Bonchev–Trinajstić information content (AvgIpc) is 1.54.